The molecule has 0 aromatic heterocycles. The predicted octanol–water partition coefficient (Wildman–Crippen LogP) is 5.57. The predicted molar refractivity (Wildman–Crippen MR) is 204 cm³/mol. The van der Waals surface area contributed by atoms with Gasteiger partial charge in [-0.05, 0) is 94.1 Å². The van der Waals surface area contributed by atoms with Crippen LogP contribution in [-0.4, -0.2) is 119 Å². The molecule has 0 bridgehead atoms. The molecule has 3 aliphatic heterocycles. The number of rotatable bonds is 11. The summed E-state index contributed by atoms with van der Waals surface area (Å²) in [6.45, 7) is 7.97. The first-order chi connectivity index (χ1) is 26.5. The lowest BCUT2D eigenvalue weighted by Gasteiger charge is -2.44. The van der Waals surface area contributed by atoms with E-state index >= 15 is 0 Å². The lowest BCUT2D eigenvalue weighted by molar-refractivity contribution is -0.314. The monoisotopic (exact) mass is 771 g/mol. The second-order valence-corrected chi connectivity index (χ2v) is 16.6. The molecule has 0 spiro atoms. The number of ether oxygens (including phenoxy) is 8. The maximum Gasteiger partial charge on any atom is 0.307 e. The van der Waals surface area contributed by atoms with Crippen LogP contribution < -0.4 is 0 Å². The molecule has 1 amide bonds. The van der Waals surface area contributed by atoms with Gasteiger partial charge in [-0.15, -0.1) is 0 Å². The molecular weight excluding hydrogens is 706 g/mol. The van der Waals surface area contributed by atoms with Gasteiger partial charge in [0.2, 0.25) is 6.41 Å². The number of Topliss-reactive ketones (excluding diaryl/α,β-unsaturated/α-hetero) is 1. The minimum atomic E-state index is -0.616. The van der Waals surface area contributed by atoms with E-state index in [2.05, 4.69) is 25.2 Å². The largest absolute Gasteiger partial charge is 0.458 e. The highest BCUT2D eigenvalue weighted by molar-refractivity contribution is 5.99. The first-order valence-corrected chi connectivity index (χ1v) is 20.7. The molecule has 55 heavy (non-hydrogen) atoms. The van der Waals surface area contributed by atoms with E-state index in [-0.39, 0.29) is 96.5 Å². The van der Waals surface area contributed by atoms with Crippen molar-refractivity contribution in [3.63, 3.8) is 0 Å². The van der Waals surface area contributed by atoms with Crippen LogP contribution in [0.4, 0.5) is 0 Å². The number of fused-ring (bicyclic) bond motifs is 5. The summed E-state index contributed by atoms with van der Waals surface area (Å²) in [6, 6.07) is -0.0239. The number of hydrogen-bond donors (Lipinski definition) is 0. The summed E-state index contributed by atoms with van der Waals surface area (Å²) in [5.41, 5.74) is 0.715. The standard InChI is InChI=1S/C43H65NO11/c1-9-10-12-28-13-11-14-36(55-38-18-17-35(25(3)51-38)44(5)23-45)24(2)39(47)34-21-32-30(33(34)22-37(46)53-28)16-15-27-19-29(20-31(27)32)54-43-42(50-8)41(49-7)40(48-6)26(4)52-43/h10,12,15-16,21,23-33,35-36,38,40-43H,9,11,13-14,17-20,22H2,1-8H3/t24-,25-,26+,27?,28?,29-,30?,31?,32?,33?,35+,36+,38+,40+,41-,42-,43+/m1/s1. The molecule has 6 aliphatic rings. The van der Waals surface area contributed by atoms with E-state index in [0.29, 0.717) is 24.8 Å². The minimum absolute atomic E-state index is 0.00192. The summed E-state index contributed by atoms with van der Waals surface area (Å²) < 4.78 is 49.5. The summed E-state index contributed by atoms with van der Waals surface area (Å²) in [7, 11) is 6.72. The number of carbonyl (C=O) groups excluding carboxylic acids is 3. The molecule has 0 radical (unpaired) electrons. The molecule has 12 heteroatoms. The van der Waals surface area contributed by atoms with Crippen molar-refractivity contribution in [2.75, 3.05) is 28.4 Å². The van der Waals surface area contributed by atoms with Gasteiger partial charge >= 0.3 is 5.97 Å². The molecule has 12 nitrogen and oxygen atoms in total. The summed E-state index contributed by atoms with van der Waals surface area (Å²) in [4.78, 5) is 41.5. The second kappa shape index (κ2) is 18.9. The van der Waals surface area contributed by atoms with Gasteiger partial charge in [-0.3, -0.25) is 14.4 Å². The maximum atomic E-state index is 14.7. The van der Waals surface area contributed by atoms with Crippen molar-refractivity contribution >= 4 is 18.2 Å². The lowest BCUT2D eigenvalue weighted by atomic mass is 9.70. The van der Waals surface area contributed by atoms with Crippen LogP contribution in [0.1, 0.15) is 85.5 Å². The fourth-order valence-corrected chi connectivity index (χ4v) is 10.4. The van der Waals surface area contributed by atoms with Crippen molar-refractivity contribution < 1.29 is 52.3 Å². The normalized spacial score (nSPS) is 43.8. The summed E-state index contributed by atoms with van der Waals surface area (Å²) in [5.74, 6) is -0.385. The van der Waals surface area contributed by atoms with Gasteiger partial charge in [0.15, 0.2) is 18.4 Å². The average Bonchev–Trinajstić information content (AvgIpc) is 3.75. The Labute approximate surface area is 327 Å². The Balaban J connectivity index is 1.22. The Morgan fingerprint density at radius 1 is 0.873 bits per heavy atom. The Morgan fingerprint density at radius 2 is 1.64 bits per heavy atom. The zero-order chi connectivity index (χ0) is 39.4. The average molecular weight is 772 g/mol. The van der Waals surface area contributed by atoms with Crippen molar-refractivity contribution in [3.05, 3.63) is 36.0 Å². The van der Waals surface area contributed by atoms with E-state index in [0.717, 1.165) is 38.5 Å². The highest BCUT2D eigenvalue weighted by atomic mass is 16.7. The van der Waals surface area contributed by atoms with Gasteiger partial charge in [0, 0.05) is 46.6 Å². The molecule has 0 aromatic carbocycles. The third-order valence-corrected chi connectivity index (χ3v) is 13.4. The Morgan fingerprint density at radius 3 is 2.33 bits per heavy atom. The molecular formula is C43H65NO11. The molecule has 0 aromatic rings. The molecule has 4 fully saturated rings. The number of esters is 1. The number of carbonyl (C=O) groups is 3. The molecule has 1 saturated carbocycles. The molecule has 3 heterocycles. The fraction of sp³-hybridized carbons (Fsp3) is 0.791. The van der Waals surface area contributed by atoms with Gasteiger partial charge in [0.25, 0.3) is 0 Å². The van der Waals surface area contributed by atoms with Gasteiger partial charge in [-0.2, -0.15) is 0 Å². The number of hydrogen-bond acceptors (Lipinski definition) is 11. The second-order valence-electron chi connectivity index (χ2n) is 16.6. The van der Waals surface area contributed by atoms with Crippen LogP contribution >= 0.6 is 0 Å². The first-order valence-electron chi connectivity index (χ1n) is 20.7. The summed E-state index contributed by atoms with van der Waals surface area (Å²) >= 11 is 0. The van der Waals surface area contributed by atoms with Crippen molar-refractivity contribution in [1.29, 1.82) is 0 Å². The van der Waals surface area contributed by atoms with Crippen LogP contribution in [0.5, 0.6) is 0 Å². The zero-order valence-corrected chi connectivity index (χ0v) is 34.1. The minimum Gasteiger partial charge on any atom is -0.458 e. The van der Waals surface area contributed by atoms with E-state index in [1.54, 1.807) is 33.3 Å². The smallest absolute Gasteiger partial charge is 0.307 e. The van der Waals surface area contributed by atoms with E-state index in [9.17, 15) is 14.4 Å². The SMILES string of the molecule is CCC=CC1CCC[C@H](O[C@H]2CC[C@H](N(C)C=O)[C@@H](C)O2)[C@@H](C)C(=O)C2=CC3C(C=CC4C[C@@H](O[C@@H]5O[C@@H](C)[C@H](OC)[C@@H](OC)[C@H]5OC)CC43)C2CC(=O)O1. The highest BCUT2D eigenvalue weighted by Gasteiger charge is 2.52. The van der Waals surface area contributed by atoms with E-state index < -0.39 is 24.6 Å². The Kier molecular flexibility index (Phi) is 14.5. The van der Waals surface area contributed by atoms with Gasteiger partial charge in [-0.25, -0.2) is 0 Å². The molecule has 6 unspecified atom stereocenters. The van der Waals surface area contributed by atoms with Crippen LogP contribution in [0.2, 0.25) is 0 Å². The van der Waals surface area contributed by atoms with Gasteiger partial charge in [-0.1, -0.05) is 38.2 Å². The number of amides is 1. The lowest BCUT2D eigenvalue weighted by Crippen LogP contribution is -2.59. The third kappa shape index (κ3) is 9.16. The number of ketones is 1. The number of nitrogens with zero attached hydrogens (tertiary/aromatic N) is 1. The van der Waals surface area contributed by atoms with Crippen LogP contribution in [0.15, 0.2) is 36.0 Å². The molecule has 0 N–H and O–H groups in total. The number of allylic oxidation sites excluding steroid dienone is 5. The van der Waals surface area contributed by atoms with E-state index in [4.69, 9.17) is 37.9 Å². The zero-order valence-electron chi connectivity index (χ0n) is 34.1. The Bertz CT molecular complexity index is 1420. The number of methoxy groups -OCH3 is 3. The summed E-state index contributed by atoms with van der Waals surface area (Å²) in [6.07, 6.45) is 14.2. The molecule has 17 atom stereocenters. The van der Waals surface area contributed by atoms with Gasteiger partial charge < -0.3 is 42.8 Å². The van der Waals surface area contributed by atoms with Crippen LogP contribution in [0, 0.1) is 35.5 Å². The highest BCUT2D eigenvalue weighted by Crippen LogP contribution is 2.54. The fourth-order valence-electron chi connectivity index (χ4n) is 10.4. The number of cyclic esters (lactones) is 1. The molecule has 3 aliphatic carbocycles. The van der Waals surface area contributed by atoms with Crippen molar-refractivity contribution in [2.45, 2.75) is 153 Å². The van der Waals surface area contributed by atoms with Gasteiger partial charge in [0.1, 0.15) is 24.4 Å². The maximum absolute atomic E-state index is 14.7. The quantitative estimate of drug-likeness (QED) is 0.149. The van der Waals surface area contributed by atoms with Crippen LogP contribution in [0.25, 0.3) is 0 Å². The van der Waals surface area contributed by atoms with Crippen molar-refractivity contribution in [2.24, 2.45) is 35.5 Å². The van der Waals surface area contributed by atoms with Crippen molar-refractivity contribution in [3.8, 4) is 0 Å². The first kappa shape index (κ1) is 42.2. The van der Waals surface area contributed by atoms with E-state index in [1.807, 2.05) is 32.9 Å². The summed E-state index contributed by atoms with van der Waals surface area (Å²) in [5, 5.41) is 0. The van der Waals surface area contributed by atoms with Crippen LogP contribution in [0.3, 0.4) is 0 Å². The molecule has 3 saturated heterocycles. The third-order valence-electron chi connectivity index (χ3n) is 13.4. The Hall–Kier alpha value is -2.45. The van der Waals surface area contributed by atoms with Crippen molar-refractivity contribution in [1.82, 2.24) is 4.90 Å². The van der Waals surface area contributed by atoms with Gasteiger partial charge in [0.05, 0.1) is 36.9 Å². The topological polar surface area (TPSA) is 128 Å². The van der Waals surface area contributed by atoms with Crippen LogP contribution in [-0.2, 0) is 52.3 Å². The van der Waals surface area contributed by atoms with E-state index in [1.165, 1.54) is 0 Å². The molecule has 308 valence electrons. The molecule has 6 rings (SSSR count). The number of likely N-dealkylation sites (N-methyl/N-ethyl adjacent to an activating group) is 1.